The smallest absolute Gasteiger partial charge is 0.306 e. The molecule has 3 nitrogen and oxygen atoms in total. The number of piperidine rings is 1. The summed E-state index contributed by atoms with van der Waals surface area (Å²) in [4.78, 5) is 11.7. The van der Waals surface area contributed by atoms with Gasteiger partial charge in [-0.2, -0.15) is 0 Å². The molecule has 0 bridgehead atoms. The Morgan fingerprint density at radius 1 is 1.41 bits per heavy atom. The highest BCUT2D eigenvalue weighted by Gasteiger charge is 2.24. The van der Waals surface area contributed by atoms with Crippen LogP contribution in [0.4, 0.5) is 0 Å². The van der Waals surface area contributed by atoms with E-state index in [-0.39, 0.29) is 5.97 Å². The normalized spacial score (nSPS) is 26.5. The van der Waals surface area contributed by atoms with Crippen molar-refractivity contribution in [1.29, 1.82) is 0 Å². The molecule has 3 heteroatoms. The molecular weight excluding hydrogens is 214 g/mol. The van der Waals surface area contributed by atoms with Gasteiger partial charge in [0.25, 0.3) is 0 Å². The first-order valence-electron chi connectivity index (χ1n) is 7.12. The van der Waals surface area contributed by atoms with Crippen LogP contribution in [-0.4, -0.2) is 25.7 Å². The van der Waals surface area contributed by atoms with Gasteiger partial charge in [-0.25, -0.2) is 0 Å². The molecule has 2 atom stereocenters. The van der Waals surface area contributed by atoms with Crippen molar-refractivity contribution in [3.8, 4) is 0 Å². The number of hydrogen-bond acceptors (Lipinski definition) is 3. The van der Waals surface area contributed by atoms with Crippen molar-refractivity contribution in [2.45, 2.75) is 45.4 Å². The molecule has 2 unspecified atom stereocenters. The third-order valence-corrected chi connectivity index (χ3v) is 4.11. The van der Waals surface area contributed by atoms with Gasteiger partial charge in [0.2, 0.25) is 0 Å². The quantitative estimate of drug-likeness (QED) is 0.723. The van der Waals surface area contributed by atoms with Gasteiger partial charge in [0, 0.05) is 6.42 Å². The summed E-state index contributed by atoms with van der Waals surface area (Å²) in [7, 11) is 0. The molecule has 0 amide bonds. The van der Waals surface area contributed by atoms with Crippen LogP contribution in [0.15, 0.2) is 0 Å². The minimum absolute atomic E-state index is 0.00345. The summed E-state index contributed by atoms with van der Waals surface area (Å²) < 4.78 is 5.29. The zero-order valence-corrected chi connectivity index (χ0v) is 10.9. The van der Waals surface area contributed by atoms with E-state index in [1.54, 1.807) is 0 Å². The van der Waals surface area contributed by atoms with E-state index in [0.29, 0.717) is 24.9 Å². The number of rotatable bonds is 6. The van der Waals surface area contributed by atoms with E-state index in [1.807, 2.05) is 0 Å². The summed E-state index contributed by atoms with van der Waals surface area (Å²) in [5, 5.41) is 3.40. The Hall–Kier alpha value is -0.570. The molecule has 1 aliphatic carbocycles. The Balaban J connectivity index is 1.58. The average Bonchev–Trinajstić information content (AvgIpc) is 3.14. The summed E-state index contributed by atoms with van der Waals surface area (Å²) in [5.74, 6) is 1.96. The molecule has 0 aromatic heterocycles. The zero-order chi connectivity index (χ0) is 12.1. The van der Waals surface area contributed by atoms with E-state index in [9.17, 15) is 4.79 Å². The molecule has 17 heavy (non-hydrogen) atoms. The highest BCUT2D eigenvalue weighted by molar-refractivity contribution is 5.69. The second-order valence-corrected chi connectivity index (χ2v) is 5.74. The van der Waals surface area contributed by atoms with Crippen molar-refractivity contribution in [2.75, 3.05) is 19.7 Å². The lowest BCUT2D eigenvalue weighted by atomic mass is 9.85. The van der Waals surface area contributed by atoms with Gasteiger partial charge in [0.1, 0.15) is 0 Å². The highest BCUT2D eigenvalue weighted by Crippen LogP contribution is 2.32. The van der Waals surface area contributed by atoms with Gasteiger partial charge in [0.15, 0.2) is 0 Å². The number of nitrogens with one attached hydrogen (secondary N) is 1. The van der Waals surface area contributed by atoms with E-state index in [1.165, 1.54) is 25.7 Å². The maximum Gasteiger partial charge on any atom is 0.306 e. The second-order valence-electron chi connectivity index (χ2n) is 5.74. The first-order chi connectivity index (χ1) is 8.25. The van der Waals surface area contributed by atoms with Crippen LogP contribution in [0.2, 0.25) is 0 Å². The van der Waals surface area contributed by atoms with E-state index >= 15 is 0 Å². The van der Waals surface area contributed by atoms with Crippen molar-refractivity contribution in [2.24, 2.45) is 17.8 Å². The minimum Gasteiger partial charge on any atom is -0.466 e. The number of hydrogen-bond donors (Lipinski definition) is 1. The van der Waals surface area contributed by atoms with Crippen molar-refractivity contribution >= 4 is 5.97 Å². The van der Waals surface area contributed by atoms with E-state index in [0.717, 1.165) is 25.4 Å². The highest BCUT2D eigenvalue weighted by atomic mass is 16.5. The molecule has 1 heterocycles. The van der Waals surface area contributed by atoms with E-state index < -0.39 is 0 Å². The van der Waals surface area contributed by atoms with E-state index in [4.69, 9.17) is 4.74 Å². The Labute approximate surface area is 104 Å². The first-order valence-corrected chi connectivity index (χ1v) is 7.12. The van der Waals surface area contributed by atoms with Crippen molar-refractivity contribution in [3.05, 3.63) is 0 Å². The Morgan fingerprint density at radius 2 is 2.24 bits per heavy atom. The Morgan fingerprint density at radius 3 is 2.88 bits per heavy atom. The van der Waals surface area contributed by atoms with Crippen LogP contribution in [-0.2, 0) is 9.53 Å². The second kappa shape index (κ2) is 6.39. The molecule has 0 spiro atoms. The maximum absolute atomic E-state index is 11.7. The molecular formula is C14H25NO2. The number of carbonyl (C=O) groups excluding carboxylic acids is 1. The Kier molecular flexibility index (Phi) is 4.84. The van der Waals surface area contributed by atoms with Crippen LogP contribution in [0.5, 0.6) is 0 Å². The third kappa shape index (κ3) is 4.66. The predicted molar refractivity (Wildman–Crippen MR) is 67.7 cm³/mol. The SMILES string of the molecule is CC(CC(=O)OCCC1CC1)C1CCCNC1. The Bertz CT molecular complexity index is 245. The molecule has 0 radical (unpaired) electrons. The minimum atomic E-state index is 0.00345. The van der Waals surface area contributed by atoms with Gasteiger partial charge in [-0.1, -0.05) is 19.8 Å². The first kappa shape index (κ1) is 12.9. The topological polar surface area (TPSA) is 38.3 Å². The van der Waals surface area contributed by atoms with Gasteiger partial charge in [-0.05, 0) is 50.1 Å². The third-order valence-electron chi connectivity index (χ3n) is 4.11. The molecule has 98 valence electrons. The summed E-state index contributed by atoms with van der Waals surface area (Å²) >= 11 is 0. The summed E-state index contributed by atoms with van der Waals surface area (Å²) in [6, 6.07) is 0. The van der Waals surface area contributed by atoms with Crippen LogP contribution >= 0.6 is 0 Å². The standard InChI is InChI=1S/C14H25NO2/c1-11(13-3-2-7-15-10-13)9-14(16)17-8-6-12-4-5-12/h11-13,15H,2-10H2,1H3. The lowest BCUT2D eigenvalue weighted by molar-refractivity contribution is -0.145. The molecule has 2 aliphatic rings. The van der Waals surface area contributed by atoms with Crippen LogP contribution in [0.25, 0.3) is 0 Å². The molecule has 1 saturated carbocycles. The van der Waals surface area contributed by atoms with Crippen molar-refractivity contribution < 1.29 is 9.53 Å². The lowest BCUT2D eigenvalue weighted by Crippen LogP contribution is -2.34. The fourth-order valence-corrected chi connectivity index (χ4v) is 2.60. The fourth-order valence-electron chi connectivity index (χ4n) is 2.60. The molecule has 1 N–H and O–H groups in total. The molecule has 2 fully saturated rings. The van der Waals surface area contributed by atoms with Crippen LogP contribution in [0.1, 0.15) is 45.4 Å². The van der Waals surface area contributed by atoms with Crippen LogP contribution in [0.3, 0.4) is 0 Å². The molecule has 2 rings (SSSR count). The summed E-state index contributed by atoms with van der Waals surface area (Å²) in [6.45, 7) is 5.02. The monoisotopic (exact) mass is 239 g/mol. The van der Waals surface area contributed by atoms with Gasteiger partial charge < -0.3 is 10.1 Å². The molecule has 1 saturated heterocycles. The lowest BCUT2D eigenvalue weighted by Gasteiger charge is -2.27. The van der Waals surface area contributed by atoms with Gasteiger partial charge in [0.05, 0.1) is 6.61 Å². The number of carbonyl (C=O) groups is 1. The van der Waals surface area contributed by atoms with Crippen molar-refractivity contribution in [1.82, 2.24) is 5.32 Å². The van der Waals surface area contributed by atoms with Crippen LogP contribution < -0.4 is 5.32 Å². The molecule has 1 aliphatic heterocycles. The summed E-state index contributed by atoms with van der Waals surface area (Å²) in [6.07, 6.45) is 6.83. The van der Waals surface area contributed by atoms with E-state index in [2.05, 4.69) is 12.2 Å². The fraction of sp³-hybridized carbons (Fsp3) is 0.929. The maximum atomic E-state index is 11.7. The largest absolute Gasteiger partial charge is 0.466 e. The number of esters is 1. The van der Waals surface area contributed by atoms with Crippen molar-refractivity contribution in [3.63, 3.8) is 0 Å². The number of ether oxygens (including phenoxy) is 1. The molecule has 0 aromatic carbocycles. The van der Waals surface area contributed by atoms with Gasteiger partial charge >= 0.3 is 5.97 Å². The predicted octanol–water partition coefficient (Wildman–Crippen LogP) is 2.36. The van der Waals surface area contributed by atoms with Crippen LogP contribution in [0, 0.1) is 17.8 Å². The molecule has 0 aromatic rings. The summed E-state index contributed by atoms with van der Waals surface area (Å²) in [5.41, 5.74) is 0. The zero-order valence-electron chi connectivity index (χ0n) is 10.9. The van der Waals surface area contributed by atoms with Gasteiger partial charge in [-0.15, -0.1) is 0 Å². The van der Waals surface area contributed by atoms with Gasteiger partial charge in [-0.3, -0.25) is 4.79 Å². The average molecular weight is 239 g/mol.